The standard InChI is InChI=1S/C11H20N4S/c1-2-12-3-6-15(5-1)7-4-13-8-11-9-16-10-14-11/h9-10,12-13H,1-8H2. The molecule has 0 atom stereocenters. The molecule has 0 bridgehead atoms. The van der Waals surface area contributed by atoms with Crippen molar-refractivity contribution in [2.45, 2.75) is 13.0 Å². The van der Waals surface area contributed by atoms with E-state index in [0.717, 1.165) is 31.9 Å². The Morgan fingerprint density at radius 1 is 1.44 bits per heavy atom. The molecule has 1 aromatic rings. The molecule has 0 aromatic carbocycles. The van der Waals surface area contributed by atoms with Gasteiger partial charge in [0.1, 0.15) is 0 Å². The number of hydrogen-bond donors (Lipinski definition) is 2. The SMILES string of the molecule is c1nc(CNCCN2CCCNCC2)cs1. The van der Waals surface area contributed by atoms with E-state index in [4.69, 9.17) is 0 Å². The maximum Gasteiger partial charge on any atom is 0.0795 e. The number of hydrogen-bond acceptors (Lipinski definition) is 5. The first-order valence-electron chi connectivity index (χ1n) is 5.96. The van der Waals surface area contributed by atoms with Crippen LogP contribution in [0.5, 0.6) is 0 Å². The lowest BCUT2D eigenvalue weighted by atomic mass is 10.4. The topological polar surface area (TPSA) is 40.2 Å². The maximum absolute atomic E-state index is 4.25. The zero-order valence-corrected chi connectivity index (χ0v) is 10.4. The first-order chi connectivity index (χ1) is 7.95. The van der Waals surface area contributed by atoms with E-state index in [9.17, 15) is 0 Å². The molecule has 0 amide bonds. The first-order valence-corrected chi connectivity index (χ1v) is 6.90. The second-order valence-corrected chi connectivity index (χ2v) is 4.82. The van der Waals surface area contributed by atoms with Crippen molar-refractivity contribution in [1.29, 1.82) is 0 Å². The fourth-order valence-corrected chi connectivity index (χ4v) is 2.46. The molecule has 5 heteroatoms. The van der Waals surface area contributed by atoms with Crippen molar-refractivity contribution in [3.05, 3.63) is 16.6 Å². The van der Waals surface area contributed by atoms with E-state index in [2.05, 4.69) is 25.9 Å². The summed E-state index contributed by atoms with van der Waals surface area (Å²) in [5, 5.41) is 8.96. The lowest BCUT2D eigenvalue weighted by Crippen LogP contribution is -2.34. The Hall–Kier alpha value is -0.490. The van der Waals surface area contributed by atoms with E-state index in [1.54, 1.807) is 11.3 Å². The smallest absolute Gasteiger partial charge is 0.0795 e. The second-order valence-electron chi connectivity index (χ2n) is 4.10. The molecule has 16 heavy (non-hydrogen) atoms. The van der Waals surface area contributed by atoms with Gasteiger partial charge in [-0.25, -0.2) is 4.98 Å². The molecule has 4 nitrogen and oxygen atoms in total. The highest BCUT2D eigenvalue weighted by Crippen LogP contribution is 1.99. The molecule has 1 aromatic heterocycles. The highest BCUT2D eigenvalue weighted by Gasteiger charge is 2.07. The quantitative estimate of drug-likeness (QED) is 0.737. The van der Waals surface area contributed by atoms with Crippen LogP contribution in [0.15, 0.2) is 10.9 Å². The van der Waals surface area contributed by atoms with Gasteiger partial charge < -0.3 is 15.5 Å². The van der Waals surface area contributed by atoms with Gasteiger partial charge in [-0.1, -0.05) is 0 Å². The maximum atomic E-state index is 4.25. The van der Waals surface area contributed by atoms with E-state index in [1.807, 2.05) is 5.51 Å². The van der Waals surface area contributed by atoms with Gasteiger partial charge in [-0.2, -0.15) is 0 Å². The number of nitrogens with one attached hydrogen (secondary N) is 2. The van der Waals surface area contributed by atoms with Gasteiger partial charge in [0.15, 0.2) is 0 Å². The van der Waals surface area contributed by atoms with Crippen molar-refractivity contribution < 1.29 is 0 Å². The molecule has 2 heterocycles. The minimum Gasteiger partial charge on any atom is -0.315 e. The largest absolute Gasteiger partial charge is 0.315 e. The molecule has 0 aliphatic carbocycles. The van der Waals surface area contributed by atoms with Crippen molar-refractivity contribution in [3.8, 4) is 0 Å². The fourth-order valence-electron chi connectivity index (χ4n) is 1.90. The summed E-state index contributed by atoms with van der Waals surface area (Å²) >= 11 is 1.66. The van der Waals surface area contributed by atoms with Gasteiger partial charge in [-0.15, -0.1) is 11.3 Å². The van der Waals surface area contributed by atoms with Gasteiger partial charge in [0, 0.05) is 38.1 Å². The number of rotatable bonds is 5. The summed E-state index contributed by atoms with van der Waals surface area (Å²) in [5.74, 6) is 0. The Bertz CT molecular complexity index is 268. The van der Waals surface area contributed by atoms with Gasteiger partial charge in [0.2, 0.25) is 0 Å². The number of nitrogens with zero attached hydrogens (tertiary/aromatic N) is 2. The van der Waals surface area contributed by atoms with E-state index < -0.39 is 0 Å². The zero-order chi connectivity index (χ0) is 11.1. The summed E-state index contributed by atoms with van der Waals surface area (Å²) in [6, 6.07) is 0. The van der Waals surface area contributed by atoms with E-state index in [1.165, 1.54) is 26.1 Å². The molecule has 0 spiro atoms. The van der Waals surface area contributed by atoms with Crippen LogP contribution in [-0.2, 0) is 6.54 Å². The van der Waals surface area contributed by atoms with Crippen molar-refractivity contribution in [1.82, 2.24) is 20.5 Å². The highest BCUT2D eigenvalue weighted by molar-refractivity contribution is 7.07. The Labute approximate surface area is 101 Å². The lowest BCUT2D eigenvalue weighted by Gasteiger charge is -2.19. The fraction of sp³-hybridized carbons (Fsp3) is 0.727. The monoisotopic (exact) mass is 240 g/mol. The van der Waals surface area contributed by atoms with Gasteiger partial charge in [0.05, 0.1) is 11.2 Å². The molecule has 0 radical (unpaired) electrons. The molecule has 90 valence electrons. The third-order valence-electron chi connectivity index (χ3n) is 2.83. The van der Waals surface area contributed by atoms with Crippen molar-refractivity contribution >= 4 is 11.3 Å². The van der Waals surface area contributed by atoms with Crippen LogP contribution in [0.2, 0.25) is 0 Å². The van der Waals surface area contributed by atoms with Gasteiger partial charge in [-0.05, 0) is 19.5 Å². The average molecular weight is 240 g/mol. The van der Waals surface area contributed by atoms with Crippen molar-refractivity contribution in [2.75, 3.05) is 39.3 Å². The summed E-state index contributed by atoms with van der Waals surface area (Å²) in [6.07, 6.45) is 1.27. The van der Waals surface area contributed by atoms with Crippen LogP contribution in [0.4, 0.5) is 0 Å². The summed E-state index contributed by atoms with van der Waals surface area (Å²) in [7, 11) is 0. The molecule has 2 N–H and O–H groups in total. The van der Waals surface area contributed by atoms with E-state index in [-0.39, 0.29) is 0 Å². The van der Waals surface area contributed by atoms with Gasteiger partial charge in [0.25, 0.3) is 0 Å². The number of thiazole rings is 1. The van der Waals surface area contributed by atoms with E-state index in [0.29, 0.717) is 0 Å². The third-order valence-corrected chi connectivity index (χ3v) is 3.46. The predicted octanol–water partition coefficient (Wildman–Crippen LogP) is 0.528. The molecule has 0 saturated carbocycles. The lowest BCUT2D eigenvalue weighted by molar-refractivity contribution is 0.291. The van der Waals surface area contributed by atoms with Crippen LogP contribution in [-0.4, -0.2) is 49.2 Å². The minimum absolute atomic E-state index is 0.898. The molecule has 1 aliphatic heterocycles. The Balaban J connectivity index is 1.56. The van der Waals surface area contributed by atoms with Gasteiger partial charge in [-0.3, -0.25) is 0 Å². The third kappa shape index (κ3) is 4.17. The molecule has 1 fully saturated rings. The van der Waals surface area contributed by atoms with Gasteiger partial charge >= 0.3 is 0 Å². The summed E-state index contributed by atoms with van der Waals surface area (Å²) in [4.78, 5) is 6.77. The molecule has 1 saturated heterocycles. The van der Waals surface area contributed by atoms with Crippen LogP contribution in [0.1, 0.15) is 12.1 Å². The molecular weight excluding hydrogens is 220 g/mol. The summed E-state index contributed by atoms with van der Waals surface area (Å²) in [6.45, 7) is 7.80. The molecule has 1 aliphatic rings. The molecule has 0 unspecified atom stereocenters. The van der Waals surface area contributed by atoms with Crippen LogP contribution in [0, 0.1) is 0 Å². The predicted molar refractivity (Wildman–Crippen MR) is 67.7 cm³/mol. The van der Waals surface area contributed by atoms with Crippen molar-refractivity contribution in [2.24, 2.45) is 0 Å². The molecular formula is C11H20N4S. The van der Waals surface area contributed by atoms with E-state index >= 15 is 0 Å². The van der Waals surface area contributed by atoms with Crippen LogP contribution in [0.3, 0.4) is 0 Å². The van der Waals surface area contributed by atoms with Crippen LogP contribution < -0.4 is 10.6 Å². The van der Waals surface area contributed by atoms with Crippen LogP contribution in [0.25, 0.3) is 0 Å². The summed E-state index contributed by atoms with van der Waals surface area (Å²) in [5.41, 5.74) is 3.04. The average Bonchev–Trinajstić information content (AvgIpc) is 2.68. The summed E-state index contributed by atoms with van der Waals surface area (Å²) < 4.78 is 0. The van der Waals surface area contributed by atoms with Crippen molar-refractivity contribution in [3.63, 3.8) is 0 Å². The van der Waals surface area contributed by atoms with Crippen LogP contribution >= 0.6 is 11.3 Å². The minimum atomic E-state index is 0.898. The highest BCUT2D eigenvalue weighted by atomic mass is 32.1. The molecule has 2 rings (SSSR count). The Morgan fingerprint density at radius 3 is 3.31 bits per heavy atom. The Kier molecular flexibility index (Phi) is 5.21. The Morgan fingerprint density at radius 2 is 2.44 bits per heavy atom. The zero-order valence-electron chi connectivity index (χ0n) is 9.61. The first kappa shape index (κ1) is 12.0. The number of aromatic nitrogens is 1. The normalized spacial score (nSPS) is 18.5. The second kappa shape index (κ2) is 6.96.